The third-order valence-corrected chi connectivity index (χ3v) is 1.32. The van der Waals surface area contributed by atoms with Gasteiger partial charge in [0.15, 0.2) is 11.1 Å². The molecule has 0 fully saturated rings. The minimum Gasteiger partial charge on any atom is -0.227 e. The molecule has 0 heterocycles. The van der Waals surface area contributed by atoms with E-state index >= 15 is 0 Å². The zero-order valence-corrected chi connectivity index (χ0v) is 4.83. The first-order valence-corrected chi connectivity index (χ1v) is 3.23. The smallest absolute Gasteiger partial charge is 0.192 e. The van der Waals surface area contributed by atoms with Gasteiger partial charge in [0.2, 0.25) is 0 Å². The molecule has 7 heavy (non-hydrogen) atoms. The lowest BCUT2D eigenvalue weighted by atomic mass is 10.6. The molecule has 0 rings (SSSR count). The van der Waals surface area contributed by atoms with Crippen LogP contribution in [0.15, 0.2) is 0 Å². The molecule has 0 bridgehead atoms. The molecule has 0 saturated carbocycles. The molecule has 0 spiro atoms. The molecule has 1 unspecified atom stereocenters. The maximum Gasteiger partial charge on any atom is 0.192 e. The largest absolute Gasteiger partial charge is 0.227 e. The molecule has 1 atom stereocenters. The normalized spacial score (nSPS) is 14.0. The number of halogens is 1. The second-order valence-electron chi connectivity index (χ2n) is 1.07. The molecule has 0 aromatic carbocycles. The monoisotopic (exact) mass is 126 g/mol. The predicted octanol–water partition coefficient (Wildman–Crippen LogP) is 0.961. The molecule has 0 radical (unpaired) electrons. The summed E-state index contributed by atoms with van der Waals surface area (Å²) in [4.78, 5) is 0. The zero-order chi connectivity index (χ0) is 5.70. The molecule has 4 heteroatoms. The summed E-state index contributed by atoms with van der Waals surface area (Å²) in [7, 11) is 0. The Morgan fingerprint density at radius 3 is 2.57 bits per heavy atom. The second-order valence-corrected chi connectivity index (χ2v) is 2.21. The van der Waals surface area contributed by atoms with Crippen LogP contribution in [0.2, 0.25) is 0 Å². The summed E-state index contributed by atoms with van der Waals surface area (Å²) < 4.78 is 23.7. The van der Waals surface area contributed by atoms with Crippen molar-refractivity contribution < 1.29 is 13.1 Å². The van der Waals surface area contributed by atoms with E-state index in [0.717, 1.165) is 0 Å². The Labute approximate surface area is 44.2 Å². The number of rotatable bonds is 3. The van der Waals surface area contributed by atoms with E-state index in [4.69, 9.17) is 0 Å². The minimum absolute atomic E-state index is 0.274. The van der Waals surface area contributed by atoms with Crippen LogP contribution in [-0.2, 0) is 15.5 Å². The molecular weight excluding hydrogens is 119 g/mol. The highest BCUT2D eigenvalue weighted by Gasteiger charge is 1.93. The number of hydrogen-bond donors (Lipinski definition) is 0. The fourth-order valence-corrected chi connectivity index (χ4v) is 0.594. The third-order valence-electron chi connectivity index (χ3n) is 0.441. The van der Waals surface area contributed by atoms with Gasteiger partial charge in [-0.25, -0.2) is 4.21 Å². The molecule has 0 N–H and O–H groups in total. The van der Waals surface area contributed by atoms with Crippen LogP contribution in [0.3, 0.4) is 0 Å². The molecule has 2 nitrogen and oxygen atoms in total. The molecule has 44 valence electrons. The van der Waals surface area contributed by atoms with E-state index in [2.05, 4.69) is 4.39 Å². The van der Waals surface area contributed by atoms with Gasteiger partial charge in [-0.1, -0.05) is 11.3 Å². The van der Waals surface area contributed by atoms with E-state index in [1.807, 2.05) is 0 Å². The van der Waals surface area contributed by atoms with Crippen LogP contribution in [-0.4, -0.2) is 9.96 Å². The van der Waals surface area contributed by atoms with Gasteiger partial charge in [0, 0.05) is 0 Å². The first-order chi connectivity index (χ1) is 3.31. The summed E-state index contributed by atoms with van der Waals surface area (Å²) in [5, 5.41) is 0. The Kier molecular flexibility index (Phi) is 4.23. The SMILES string of the molecule is CCCS(=O)OF. The molecule has 0 aromatic rings. The lowest BCUT2D eigenvalue weighted by Crippen LogP contribution is -1.93. The van der Waals surface area contributed by atoms with Crippen LogP contribution in [0.4, 0.5) is 4.53 Å². The quantitative estimate of drug-likeness (QED) is 0.563. The Hall–Kier alpha value is 0.0400. The topological polar surface area (TPSA) is 26.3 Å². The van der Waals surface area contributed by atoms with Crippen molar-refractivity contribution in [2.24, 2.45) is 0 Å². The van der Waals surface area contributed by atoms with Crippen molar-refractivity contribution in [3.63, 3.8) is 0 Å². The maximum atomic E-state index is 10.8. The average Bonchev–Trinajstić information content (AvgIpc) is 1.68. The summed E-state index contributed by atoms with van der Waals surface area (Å²) in [6.45, 7) is 1.80. The molecule has 0 aliphatic heterocycles. The fourth-order valence-electron chi connectivity index (χ4n) is 0.198. The second kappa shape index (κ2) is 4.21. The van der Waals surface area contributed by atoms with Crippen molar-refractivity contribution in [2.45, 2.75) is 13.3 Å². The van der Waals surface area contributed by atoms with Gasteiger partial charge in [0.1, 0.15) is 0 Å². The van der Waals surface area contributed by atoms with Gasteiger partial charge in [-0.05, 0) is 10.9 Å². The summed E-state index contributed by atoms with van der Waals surface area (Å²) >= 11 is -1.69. The minimum atomic E-state index is -1.69. The molecule has 0 aromatic heterocycles. The summed E-state index contributed by atoms with van der Waals surface area (Å²) in [5.74, 6) is 0.274. The van der Waals surface area contributed by atoms with Crippen molar-refractivity contribution in [1.29, 1.82) is 0 Å². The van der Waals surface area contributed by atoms with E-state index in [-0.39, 0.29) is 5.75 Å². The van der Waals surface area contributed by atoms with Gasteiger partial charge in [0.25, 0.3) is 0 Å². The van der Waals surface area contributed by atoms with Gasteiger partial charge < -0.3 is 0 Å². The van der Waals surface area contributed by atoms with Gasteiger partial charge in [-0.2, -0.15) is 0 Å². The van der Waals surface area contributed by atoms with Crippen molar-refractivity contribution in [2.75, 3.05) is 5.75 Å². The standard InChI is InChI=1S/C3H7FO2S/c1-2-3-7(5)6-4/h2-3H2,1H3. The first kappa shape index (κ1) is 7.04. The van der Waals surface area contributed by atoms with Crippen LogP contribution in [0.5, 0.6) is 0 Å². The average molecular weight is 126 g/mol. The van der Waals surface area contributed by atoms with Gasteiger partial charge in [0.05, 0.1) is 5.75 Å². The van der Waals surface area contributed by atoms with Crippen LogP contribution < -0.4 is 0 Å². The van der Waals surface area contributed by atoms with Gasteiger partial charge in [-0.3, -0.25) is 0 Å². The van der Waals surface area contributed by atoms with Crippen LogP contribution in [0, 0.1) is 0 Å². The molecular formula is C3H7FO2S. The Bertz CT molecular complexity index is 66.0. The van der Waals surface area contributed by atoms with E-state index in [0.29, 0.717) is 6.42 Å². The third kappa shape index (κ3) is 3.88. The van der Waals surface area contributed by atoms with E-state index in [1.54, 1.807) is 6.92 Å². The van der Waals surface area contributed by atoms with Gasteiger partial charge in [-0.15, -0.1) is 0 Å². The fraction of sp³-hybridized carbons (Fsp3) is 1.00. The highest BCUT2D eigenvalue weighted by atomic mass is 32.2. The molecule has 0 aliphatic carbocycles. The van der Waals surface area contributed by atoms with E-state index in [1.165, 1.54) is 0 Å². The van der Waals surface area contributed by atoms with Gasteiger partial charge >= 0.3 is 0 Å². The van der Waals surface area contributed by atoms with Crippen LogP contribution in [0.1, 0.15) is 13.3 Å². The Balaban J connectivity index is 3.00. The first-order valence-electron chi connectivity index (χ1n) is 1.98. The van der Waals surface area contributed by atoms with Crippen molar-refractivity contribution in [1.82, 2.24) is 0 Å². The van der Waals surface area contributed by atoms with E-state index < -0.39 is 11.1 Å². The predicted molar refractivity (Wildman–Crippen MR) is 25.5 cm³/mol. The van der Waals surface area contributed by atoms with Crippen LogP contribution >= 0.6 is 0 Å². The lowest BCUT2D eigenvalue weighted by Gasteiger charge is -1.85. The lowest BCUT2D eigenvalue weighted by molar-refractivity contribution is 0.0126. The highest BCUT2D eigenvalue weighted by molar-refractivity contribution is 7.80. The summed E-state index contributed by atoms with van der Waals surface area (Å²) in [5.41, 5.74) is 0. The van der Waals surface area contributed by atoms with Crippen LogP contribution in [0.25, 0.3) is 0 Å². The van der Waals surface area contributed by atoms with Crippen molar-refractivity contribution in [3.8, 4) is 0 Å². The zero-order valence-electron chi connectivity index (χ0n) is 4.02. The molecule has 0 saturated heterocycles. The summed E-state index contributed by atoms with van der Waals surface area (Å²) in [6.07, 6.45) is 0.677. The highest BCUT2D eigenvalue weighted by Crippen LogP contribution is 1.87. The maximum absolute atomic E-state index is 10.8. The number of hydrogen-bond acceptors (Lipinski definition) is 2. The Morgan fingerprint density at radius 1 is 1.86 bits per heavy atom. The van der Waals surface area contributed by atoms with Crippen molar-refractivity contribution >= 4 is 11.1 Å². The van der Waals surface area contributed by atoms with Crippen molar-refractivity contribution in [3.05, 3.63) is 0 Å². The summed E-state index contributed by atoms with van der Waals surface area (Å²) in [6, 6.07) is 0. The Morgan fingerprint density at radius 2 is 2.43 bits per heavy atom. The molecule has 0 aliphatic rings. The molecule has 0 amide bonds. The van der Waals surface area contributed by atoms with E-state index in [9.17, 15) is 8.74 Å².